The van der Waals surface area contributed by atoms with Crippen molar-refractivity contribution >= 4 is 13.7 Å². The van der Waals surface area contributed by atoms with Gasteiger partial charge in [-0.1, -0.05) is 36.4 Å². The van der Waals surface area contributed by atoms with Crippen molar-refractivity contribution in [2.75, 3.05) is 0 Å². The average molecular weight is 437 g/mol. The zero-order valence-electron chi connectivity index (χ0n) is 18.0. The quantitative estimate of drug-likeness (QED) is 0.388. The summed E-state index contributed by atoms with van der Waals surface area (Å²) in [5.74, 6) is -0.435. The second-order valence-corrected chi connectivity index (χ2v) is 8.46. The molecule has 1 aromatic carbocycles. The molecule has 4 N–H and O–H groups in total. The Morgan fingerprint density at radius 2 is 1.43 bits per heavy atom. The van der Waals surface area contributed by atoms with E-state index in [4.69, 9.17) is 19.2 Å². The van der Waals surface area contributed by atoms with Crippen LogP contribution in [0.15, 0.2) is 54.7 Å². The number of aromatic nitrogens is 1. The van der Waals surface area contributed by atoms with Gasteiger partial charge in [-0.3, -0.25) is 14.7 Å². The molecule has 1 heterocycles. The van der Waals surface area contributed by atoms with Gasteiger partial charge in [0.15, 0.2) is 0 Å². The molecule has 30 heavy (non-hydrogen) atoms. The second-order valence-electron chi connectivity index (χ2n) is 7.43. The molecule has 0 fully saturated rings. The number of amides is 1. The predicted molar refractivity (Wildman–Crippen MR) is 117 cm³/mol. The summed E-state index contributed by atoms with van der Waals surface area (Å²) in [6, 6.07) is 16.2. The first-order valence-corrected chi connectivity index (χ1v) is 11.3. The molecule has 0 aliphatic rings. The van der Waals surface area contributed by atoms with Gasteiger partial charge < -0.3 is 20.0 Å². The third-order valence-corrected chi connectivity index (χ3v) is 4.37. The molecular formula is C21H32N3O5P. The van der Waals surface area contributed by atoms with Crippen molar-refractivity contribution in [1.29, 1.82) is 0 Å². The maximum atomic E-state index is 13.1. The molecule has 1 aromatic heterocycles. The molecule has 166 valence electrons. The zero-order chi connectivity index (χ0) is 22.9. The Kier molecular flexibility index (Phi) is 10.3. The second kappa shape index (κ2) is 11.9. The molecule has 2 atom stereocenters. The van der Waals surface area contributed by atoms with E-state index < -0.39 is 13.7 Å². The van der Waals surface area contributed by atoms with E-state index >= 15 is 0 Å². The van der Waals surface area contributed by atoms with Crippen molar-refractivity contribution in [1.82, 2.24) is 15.2 Å². The summed E-state index contributed by atoms with van der Waals surface area (Å²) in [7, 11) is -4.64. The van der Waals surface area contributed by atoms with E-state index in [1.807, 2.05) is 55.5 Å². The lowest BCUT2D eigenvalue weighted by Gasteiger charge is -2.37. The van der Waals surface area contributed by atoms with Crippen molar-refractivity contribution in [2.45, 2.75) is 58.8 Å². The Morgan fingerprint density at radius 1 is 0.933 bits per heavy atom. The first-order valence-electron chi connectivity index (χ1n) is 9.73. The maximum absolute atomic E-state index is 13.1. The lowest BCUT2D eigenvalue weighted by atomic mass is 9.94. The summed E-state index contributed by atoms with van der Waals surface area (Å²) in [4.78, 5) is 41.4. The number of pyridine rings is 1. The fourth-order valence-electron chi connectivity index (χ4n) is 3.50. The lowest BCUT2D eigenvalue weighted by molar-refractivity contribution is -0.124. The molecule has 9 heteroatoms. The smallest absolute Gasteiger partial charge is 0.340 e. The molecule has 0 saturated carbocycles. The Labute approximate surface area is 178 Å². The van der Waals surface area contributed by atoms with E-state index in [0.29, 0.717) is 12.1 Å². The number of carbonyl (C=O) groups is 1. The molecule has 0 saturated heterocycles. The van der Waals surface area contributed by atoms with Gasteiger partial charge in [0.25, 0.3) is 0 Å². The molecule has 2 rings (SSSR count). The molecule has 0 radical (unpaired) electrons. The van der Waals surface area contributed by atoms with Crippen LogP contribution in [0.2, 0.25) is 0 Å². The minimum absolute atomic E-state index is 0.0244. The van der Waals surface area contributed by atoms with Crippen LogP contribution >= 0.6 is 7.82 Å². The van der Waals surface area contributed by atoms with Crippen LogP contribution in [-0.4, -0.2) is 48.7 Å². The highest BCUT2D eigenvalue weighted by Gasteiger charge is 2.28. The van der Waals surface area contributed by atoms with Gasteiger partial charge in [0.05, 0.1) is 11.9 Å². The minimum atomic E-state index is -4.64. The van der Waals surface area contributed by atoms with E-state index in [-0.39, 0.29) is 12.1 Å². The van der Waals surface area contributed by atoms with Crippen LogP contribution in [0.4, 0.5) is 0 Å². The van der Waals surface area contributed by atoms with Crippen molar-refractivity contribution < 1.29 is 24.0 Å². The topological polar surface area (TPSA) is 123 Å². The average Bonchev–Trinajstić information content (AvgIpc) is 2.61. The fraction of sp³-hybridized carbons (Fsp3) is 0.429. The molecule has 0 aliphatic heterocycles. The van der Waals surface area contributed by atoms with E-state index in [1.165, 1.54) is 0 Å². The molecule has 0 spiro atoms. The molecule has 8 nitrogen and oxygen atoms in total. The van der Waals surface area contributed by atoms with E-state index in [9.17, 15) is 4.79 Å². The number of phosphoric acid groups is 1. The molecule has 0 bridgehead atoms. The van der Waals surface area contributed by atoms with E-state index in [2.05, 4.69) is 42.9 Å². The predicted octanol–water partition coefficient (Wildman–Crippen LogP) is 2.87. The first kappa shape index (κ1) is 25.9. The fourth-order valence-corrected chi connectivity index (χ4v) is 3.50. The lowest BCUT2D eigenvalue weighted by Crippen LogP contribution is -2.53. The number of nitrogens with one attached hydrogen (secondary N) is 1. The van der Waals surface area contributed by atoms with Crippen molar-refractivity contribution in [3.8, 4) is 0 Å². The summed E-state index contributed by atoms with van der Waals surface area (Å²) >= 11 is 0. The summed E-state index contributed by atoms with van der Waals surface area (Å²) < 4.78 is 8.88. The van der Waals surface area contributed by atoms with Gasteiger partial charge in [-0.25, -0.2) is 4.57 Å². The summed E-state index contributed by atoms with van der Waals surface area (Å²) in [5.41, 5.74) is 1.71. The standard InChI is InChI=1S/C21H29N3O.H3O4P/c1-15(2)24(16(3)4)17(5)23-21(25)20(18-11-7-6-8-12-18)19-13-9-10-14-22-19;1-5(2,3)4/h6-17,20H,1-5H3,(H,23,25);(H3,1,2,3,4). The number of hydrogen-bond donors (Lipinski definition) is 4. The number of hydrogen-bond acceptors (Lipinski definition) is 4. The summed E-state index contributed by atoms with van der Waals surface area (Å²) in [6.07, 6.45) is 1.68. The van der Waals surface area contributed by atoms with Crippen LogP contribution < -0.4 is 5.32 Å². The van der Waals surface area contributed by atoms with Crippen LogP contribution in [0.25, 0.3) is 0 Å². The van der Waals surface area contributed by atoms with Gasteiger partial charge in [0.1, 0.15) is 5.92 Å². The van der Waals surface area contributed by atoms with Crippen LogP contribution in [0.1, 0.15) is 51.8 Å². The highest BCUT2D eigenvalue weighted by atomic mass is 31.2. The van der Waals surface area contributed by atoms with Gasteiger partial charge in [-0.2, -0.15) is 0 Å². The molecule has 2 unspecified atom stereocenters. The maximum Gasteiger partial charge on any atom is 0.466 e. The van der Waals surface area contributed by atoms with Crippen molar-refractivity contribution in [3.05, 3.63) is 66.0 Å². The summed E-state index contributed by atoms with van der Waals surface area (Å²) in [6.45, 7) is 10.6. The van der Waals surface area contributed by atoms with Gasteiger partial charge in [0, 0.05) is 18.3 Å². The normalized spacial score (nSPS) is 13.6. The molecular weight excluding hydrogens is 405 g/mol. The Balaban J connectivity index is 0.000000804. The minimum Gasteiger partial charge on any atom is -0.340 e. The van der Waals surface area contributed by atoms with Gasteiger partial charge in [0.2, 0.25) is 5.91 Å². The Bertz CT molecular complexity index is 756. The SMILES string of the molecule is CC(C)N(C(C)C)C(C)NC(=O)C(c1ccccc1)c1ccccn1.O=P(O)(O)O. The molecule has 2 aromatic rings. The number of rotatable bonds is 7. The van der Waals surface area contributed by atoms with Gasteiger partial charge in [-0.05, 0) is 52.3 Å². The highest BCUT2D eigenvalue weighted by Crippen LogP contribution is 2.26. The van der Waals surface area contributed by atoms with Crippen LogP contribution in [0.5, 0.6) is 0 Å². The van der Waals surface area contributed by atoms with E-state index in [0.717, 1.165) is 11.3 Å². The highest BCUT2D eigenvalue weighted by molar-refractivity contribution is 7.45. The number of nitrogens with zero attached hydrogens (tertiary/aromatic N) is 2. The van der Waals surface area contributed by atoms with Crippen LogP contribution in [0.3, 0.4) is 0 Å². The third kappa shape index (κ3) is 9.15. The Hall–Kier alpha value is -2.09. The molecule has 1 amide bonds. The molecule has 0 aliphatic carbocycles. The van der Waals surface area contributed by atoms with Crippen molar-refractivity contribution in [3.63, 3.8) is 0 Å². The van der Waals surface area contributed by atoms with Crippen molar-refractivity contribution in [2.24, 2.45) is 0 Å². The zero-order valence-corrected chi connectivity index (χ0v) is 18.9. The van der Waals surface area contributed by atoms with Gasteiger partial charge in [-0.15, -0.1) is 0 Å². The summed E-state index contributed by atoms with van der Waals surface area (Å²) in [5, 5.41) is 3.19. The van der Waals surface area contributed by atoms with E-state index in [1.54, 1.807) is 6.20 Å². The van der Waals surface area contributed by atoms with Crippen LogP contribution in [0, 0.1) is 0 Å². The largest absolute Gasteiger partial charge is 0.466 e. The van der Waals surface area contributed by atoms with Crippen LogP contribution in [-0.2, 0) is 9.36 Å². The Morgan fingerprint density at radius 3 is 1.87 bits per heavy atom. The number of carbonyl (C=O) groups excluding carboxylic acids is 1. The van der Waals surface area contributed by atoms with Gasteiger partial charge >= 0.3 is 7.82 Å². The monoisotopic (exact) mass is 437 g/mol. The first-order chi connectivity index (χ1) is 13.9. The third-order valence-electron chi connectivity index (χ3n) is 4.37. The number of benzene rings is 1.